The largest absolute Gasteiger partial charge is 0.466 e. The zero-order chi connectivity index (χ0) is 16.0. The number of carbonyl (C=O) groups is 2. The summed E-state index contributed by atoms with van der Waals surface area (Å²) in [7, 11) is 1.04. The molecule has 0 heterocycles. The molecule has 0 amide bonds. The first-order valence-corrected chi connectivity index (χ1v) is 6.19. The van der Waals surface area contributed by atoms with Crippen LogP contribution in [-0.4, -0.2) is 41.3 Å². The Morgan fingerprint density at radius 1 is 1.43 bits per heavy atom. The Hall–Kier alpha value is -2.50. The van der Waals surface area contributed by atoms with Crippen molar-refractivity contribution in [3.05, 3.63) is 40.9 Å². The molecule has 0 bridgehead atoms. The average Bonchev–Trinajstić information content (AvgIpc) is 2.47. The highest BCUT2D eigenvalue weighted by Crippen LogP contribution is 2.25. The van der Waals surface area contributed by atoms with Crippen molar-refractivity contribution in [2.24, 2.45) is 0 Å². The van der Waals surface area contributed by atoms with Crippen LogP contribution in [0.2, 0.25) is 0 Å². The van der Waals surface area contributed by atoms with Crippen LogP contribution in [0.5, 0.6) is 0 Å². The van der Waals surface area contributed by atoms with Gasteiger partial charge >= 0.3 is 17.7 Å². The number of hydrogen-bond acceptors (Lipinski definition) is 5. The van der Waals surface area contributed by atoms with Crippen molar-refractivity contribution in [2.75, 3.05) is 13.7 Å². The van der Waals surface area contributed by atoms with E-state index in [0.717, 1.165) is 12.7 Å². The predicted molar refractivity (Wildman–Crippen MR) is 72.4 cm³/mol. The van der Waals surface area contributed by atoms with Crippen LogP contribution in [0.3, 0.4) is 0 Å². The molecule has 1 unspecified atom stereocenters. The fourth-order valence-corrected chi connectivity index (χ4v) is 1.83. The van der Waals surface area contributed by atoms with Gasteiger partial charge in [0.2, 0.25) is 0 Å². The number of ether oxygens (including phenoxy) is 2. The van der Waals surface area contributed by atoms with Gasteiger partial charge in [-0.25, -0.2) is 9.59 Å². The number of carbonyl (C=O) groups excluding carboxylic acids is 2. The minimum absolute atomic E-state index is 0.0110. The molecule has 0 aliphatic heterocycles. The van der Waals surface area contributed by atoms with Gasteiger partial charge in [-0.3, -0.25) is 0 Å². The van der Waals surface area contributed by atoms with E-state index in [0.29, 0.717) is 0 Å². The molecule has 1 rings (SSSR count). The molecule has 0 fully saturated rings. The molecule has 7 heteroatoms. The molecule has 0 aliphatic rings. The first-order chi connectivity index (χ1) is 9.91. The van der Waals surface area contributed by atoms with E-state index in [-0.39, 0.29) is 12.2 Å². The molecule has 7 nitrogen and oxygen atoms in total. The number of hydrogen-bond donors (Lipinski definition) is 1. The smallest absolute Gasteiger partial charge is 0.423 e. The predicted octanol–water partition coefficient (Wildman–Crippen LogP) is 0.590. The van der Waals surface area contributed by atoms with E-state index < -0.39 is 23.3 Å². The molecule has 112 valence electrons. The Bertz CT molecular complexity index is 607. The second kappa shape index (κ2) is 6.78. The maximum Gasteiger partial charge on any atom is 0.423 e. The van der Waals surface area contributed by atoms with Gasteiger partial charge in [-0.15, -0.1) is 0 Å². The van der Waals surface area contributed by atoms with E-state index in [4.69, 9.17) is 5.53 Å². The van der Waals surface area contributed by atoms with Gasteiger partial charge in [-0.1, -0.05) is 29.8 Å². The van der Waals surface area contributed by atoms with Crippen molar-refractivity contribution in [2.45, 2.75) is 19.4 Å². The number of aliphatic hydroxyl groups is 1. The van der Waals surface area contributed by atoms with Crippen LogP contribution in [0.15, 0.2) is 24.3 Å². The van der Waals surface area contributed by atoms with E-state index in [2.05, 4.69) is 14.3 Å². The van der Waals surface area contributed by atoms with Gasteiger partial charge in [0.05, 0.1) is 13.7 Å². The monoisotopic (exact) mass is 292 g/mol. The second-order valence-electron chi connectivity index (χ2n) is 4.24. The summed E-state index contributed by atoms with van der Waals surface area (Å²) in [5.74, 6) is -2.27. The molecule has 0 aromatic heterocycles. The lowest BCUT2D eigenvalue weighted by Crippen LogP contribution is -2.49. The summed E-state index contributed by atoms with van der Waals surface area (Å²) < 4.78 is 9.22. The Labute approximate surface area is 121 Å². The summed E-state index contributed by atoms with van der Waals surface area (Å²) in [5, 5.41) is 10.7. The molecule has 0 aliphatic carbocycles. The van der Waals surface area contributed by atoms with Gasteiger partial charge in [0.1, 0.15) is 0 Å². The summed E-state index contributed by atoms with van der Waals surface area (Å²) in [4.78, 5) is 26.5. The minimum atomic E-state index is -2.55. The minimum Gasteiger partial charge on any atom is -0.466 e. The third-order valence-corrected chi connectivity index (χ3v) is 2.83. The zero-order valence-electron chi connectivity index (χ0n) is 12.0. The summed E-state index contributed by atoms with van der Waals surface area (Å²) in [6.07, 6.45) is 0. The van der Waals surface area contributed by atoms with E-state index in [1.165, 1.54) is 19.1 Å². The third kappa shape index (κ3) is 3.16. The first-order valence-electron chi connectivity index (χ1n) is 6.19. The molecule has 1 aromatic carbocycles. The highest BCUT2D eigenvalue weighted by Gasteiger charge is 2.56. The van der Waals surface area contributed by atoms with Gasteiger partial charge in [-0.2, -0.15) is 4.79 Å². The van der Waals surface area contributed by atoms with Crippen LogP contribution in [0.25, 0.3) is 5.53 Å². The average molecular weight is 292 g/mol. The van der Waals surface area contributed by atoms with Crippen molar-refractivity contribution >= 4 is 17.7 Å². The number of nitrogens with zero attached hydrogens (tertiary/aromatic N) is 2. The fourth-order valence-electron chi connectivity index (χ4n) is 1.83. The summed E-state index contributed by atoms with van der Waals surface area (Å²) in [6, 6.07) is 6.20. The lowest BCUT2D eigenvalue weighted by Gasteiger charge is -2.20. The van der Waals surface area contributed by atoms with Gasteiger partial charge in [-0.05, 0) is 13.8 Å². The molecule has 0 radical (unpaired) electrons. The second-order valence-corrected chi connectivity index (χ2v) is 4.24. The van der Waals surface area contributed by atoms with Crippen LogP contribution in [-0.2, 0) is 24.7 Å². The fraction of sp³-hybridized carbons (Fsp3) is 0.357. The lowest BCUT2D eigenvalue weighted by molar-refractivity contribution is -0.164. The van der Waals surface area contributed by atoms with Crippen molar-refractivity contribution in [1.82, 2.24) is 0 Å². The number of benzene rings is 1. The van der Waals surface area contributed by atoms with Gasteiger partial charge in [0.25, 0.3) is 5.60 Å². The SMILES string of the molecule is CCOC(=O)C(=[N+]=[N-])C(O)(C(=O)OC)c1cccc(C)c1. The Morgan fingerprint density at radius 3 is 2.57 bits per heavy atom. The standard InChI is InChI=1S/C14H16N2O5/c1-4-21-12(17)11(16-15)14(19,13(18)20-3)10-7-5-6-9(2)8-10/h5-8,19H,4H2,1-3H3. The van der Waals surface area contributed by atoms with Crippen LogP contribution >= 0.6 is 0 Å². The molecule has 1 atom stereocenters. The summed E-state index contributed by atoms with van der Waals surface area (Å²) in [6.45, 7) is 3.26. The topological polar surface area (TPSA) is 109 Å². The number of esters is 2. The summed E-state index contributed by atoms with van der Waals surface area (Å²) in [5.41, 5.74) is 6.41. The Morgan fingerprint density at radius 2 is 2.10 bits per heavy atom. The highest BCUT2D eigenvalue weighted by atomic mass is 16.5. The molecule has 1 N–H and O–H groups in total. The van der Waals surface area contributed by atoms with E-state index >= 15 is 0 Å². The molecular formula is C14H16N2O5. The molecule has 0 saturated heterocycles. The van der Waals surface area contributed by atoms with Crippen LogP contribution in [0, 0.1) is 6.92 Å². The Kier molecular flexibility index (Phi) is 5.35. The van der Waals surface area contributed by atoms with E-state index in [1.807, 2.05) is 0 Å². The van der Waals surface area contributed by atoms with Crippen molar-refractivity contribution < 1.29 is 29.0 Å². The van der Waals surface area contributed by atoms with Crippen LogP contribution in [0.1, 0.15) is 18.1 Å². The molecule has 1 aromatic rings. The molecular weight excluding hydrogens is 276 g/mol. The normalized spacial score (nSPS) is 12.8. The zero-order valence-corrected chi connectivity index (χ0v) is 12.0. The van der Waals surface area contributed by atoms with E-state index in [1.54, 1.807) is 19.1 Å². The quantitative estimate of drug-likeness (QED) is 0.369. The number of aryl methyl sites for hydroxylation is 1. The first kappa shape index (κ1) is 16.6. The van der Waals surface area contributed by atoms with Crippen LogP contribution < -0.4 is 0 Å². The van der Waals surface area contributed by atoms with Gasteiger partial charge in [0, 0.05) is 5.56 Å². The number of rotatable bonds is 5. The molecule has 21 heavy (non-hydrogen) atoms. The summed E-state index contributed by atoms with van der Waals surface area (Å²) >= 11 is 0. The van der Waals surface area contributed by atoms with Crippen molar-refractivity contribution in [3.63, 3.8) is 0 Å². The molecule has 0 saturated carbocycles. The van der Waals surface area contributed by atoms with E-state index in [9.17, 15) is 14.7 Å². The Balaban J connectivity index is 3.50. The van der Waals surface area contributed by atoms with Crippen molar-refractivity contribution in [1.29, 1.82) is 0 Å². The molecule has 0 spiro atoms. The van der Waals surface area contributed by atoms with Crippen LogP contribution in [0.4, 0.5) is 0 Å². The number of methoxy groups -OCH3 is 1. The maximum atomic E-state index is 12.0. The highest BCUT2D eigenvalue weighted by molar-refractivity contribution is 6.41. The van der Waals surface area contributed by atoms with Gasteiger partial charge < -0.3 is 20.1 Å². The lowest BCUT2D eigenvalue weighted by atomic mass is 9.87. The van der Waals surface area contributed by atoms with Crippen molar-refractivity contribution in [3.8, 4) is 0 Å². The van der Waals surface area contributed by atoms with Gasteiger partial charge in [0.15, 0.2) is 0 Å². The maximum absolute atomic E-state index is 12.0. The third-order valence-electron chi connectivity index (χ3n) is 2.83.